The van der Waals surface area contributed by atoms with Gasteiger partial charge in [0, 0.05) is 6.42 Å². The number of benzene rings is 1. The molecule has 1 rings (SSSR count). The normalized spacial score (nSPS) is 8.68. The number of aromatic carboxylic acids is 1. The minimum atomic E-state index is -0.950. The molecule has 1 aromatic carbocycles. The van der Waals surface area contributed by atoms with Gasteiger partial charge in [0.25, 0.3) is 0 Å². The Labute approximate surface area is 113 Å². The summed E-state index contributed by atoms with van der Waals surface area (Å²) < 4.78 is 5.33. The topological polar surface area (TPSA) is 46.5 Å². The second-order valence-electron chi connectivity index (χ2n) is 3.83. The highest BCUT2D eigenvalue weighted by atomic mass is 16.5. The number of carboxylic acids is 1. The fraction of sp³-hybridized carbons (Fsp3) is 0.312. The zero-order valence-electron chi connectivity index (χ0n) is 10.9. The predicted molar refractivity (Wildman–Crippen MR) is 74.0 cm³/mol. The number of unbranched alkanes of at least 4 members (excludes halogenated alkanes) is 2. The van der Waals surface area contributed by atoms with Gasteiger partial charge in [-0.05, 0) is 48.4 Å². The van der Waals surface area contributed by atoms with Crippen LogP contribution in [0.1, 0.15) is 36.5 Å². The summed E-state index contributed by atoms with van der Waals surface area (Å²) in [6, 6.07) is 6.21. The lowest BCUT2D eigenvalue weighted by Crippen LogP contribution is -1.97. The van der Waals surface area contributed by atoms with Crippen molar-refractivity contribution >= 4 is 5.97 Å². The number of carboxylic acid groups (broad SMARTS) is 1. The van der Waals surface area contributed by atoms with Crippen LogP contribution in [-0.2, 0) is 0 Å². The van der Waals surface area contributed by atoms with Gasteiger partial charge in [-0.15, -0.1) is 0 Å². The van der Waals surface area contributed by atoms with E-state index in [4.69, 9.17) is 9.84 Å². The Morgan fingerprint density at radius 2 is 1.89 bits per heavy atom. The lowest BCUT2D eigenvalue weighted by Gasteiger charge is -2.01. The Hall–Kier alpha value is -2.39. The second kappa shape index (κ2) is 8.66. The van der Waals surface area contributed by atoms with Crippen molar-refractivity contribution in [2.24, 2.45) is 0 Å². The minimum Gasteiger partial charge on any atom is -0.481 e. The molecule has 0 radical (unpaired) electrons. The molecule has 0 aromatic heterocycles. The van der Waals surface area contributed by atoms with Gasteiger partial charge in [0.1, 0.15) is 12.4 Å². The summed E-state index contributed by atoms with van der Waals surface area (Å²) in [4.78, 5) is 10.6. The largest absolute Gasteiger partial charge is 0.481 e. The molecule has 98 valence electrons. The van der Waals surface area contributed by atoms with Gasteiger partial charge in [0.15, 0.2) is 0 Å². The quantitative estimate of drug-likeness (QED) is 0.650. The summed E-state index contributed by atoms with van der Waals surface area (Å²) in [6.07, 6.45) is 3.11. The Balaban J connectivity index is 2.34. The molecular weight excluding hydrogens is 240 g/mol. The summed E-state index contributed by atoms with van der Waals surface area (Å²) in [6.45, 7) is 2.37. The molecule has 0 saturated heterocycles. The third kappa shape index (κ3) is 6.19. The number of hydrogen-bond acceptors (Lipinski definition) is 2. The SMILES string of the molecule is CCCCC#CC#CCOc1ccc(C(=O)O)cc1. The van der Waals surface area contributed by atoms with Crippen LogP contribution in [0.2, 0.25) is 0 Å². The highest BCUT2D eigenvalue weighted by Crippen LogP contribution is 2.11. The Morgan fingerprint density at radius 1 is 1.21 bits per heavy atom. The van der Waals surface area contributed by atoms with Crippen LogP contribution >= 0.6 is 0 Å². The number of rotatable bonds is 5. The van der Waals surface area contributed by atoms with Crippen LogP contribution < -0.4 is 4.74 Å². The second-order valence-corrected chi connectivity index (χ2v) is 3.83. The van der Waals surface area contributed by atoms with Crippen molar-refractivity contribution in [3.05, 3.63) is 29.8 Å². The smallest absolute Gasteiger partial charge is 0.335 e. The van der Waals surface area contributed by atoms with Gasteiger partial charge in [0.05, 0.1) is 5.56 Å². The van der Waals surface area contributed by atoms with Gasteiger partial charge < -0.3 is 9.84 Å². The van der Waals surface area contributed by atoms with E-state index in [9.17, 15) is 4.79 Å². The Kier molecular flexibility index (Phi) is 6.69. The molecule has 3 heteroatoms. The van der Waals surface area contributed by atoms with Crippen molar-refractivity contribution in [1.29, 1.82) is 0 Å². The van der Waals surface area contributed by atoms with Crippen molar-refractivity contribution in [2.75, 3.05) is 6.61 Å². The molecule has 0 spiro atoms. The average Bonchev–Trinajstić information content (AvgIpc) is 2.42. The highest BCUT2D eigenvalue weighted by molar-refractivity contribution is 5.87. The molecule has 0 amide bonds. The standard InChI is InChI=1S/C16H16O3/c1-2-3-4-5-6-7-8-13-19-15-11-9-14(10-12-15)16(17)18/h9-12H,2-4,13H2,1H3,(H,17,18). The molecule has 1 aromatic rings. The van der Waals surface area contributed by atoms with E-state index in [1.54, 1.807) is 12.1 Å². The van der Waals surface area contributed by atoms with Crippen LogP contribution in [-0.4, -0.2) is 17.7 Å². The zero-order chi connectivity index (χ0) is 13.9. The lowest BCUT2D eigenvalue weighted by molar-refractivity contribution is 0.0697. The first-order valence-electron chi connectivity index (χ1n) is 6.16. The molecule has 0 saturated carbocycles. The van der Waals surface area contributed by atoms with E-state index in [1.807, 2.05) is 0 Å². The Morgan fingerprint density at radius 3 is 2.53 bits per heavy atom. The summed E-state index contributed by atoms with van der Waals surface area (Å²) in [5.41, 5.74) is 0.236. The molecule has 0 unspecified atom stereocenters. The first-order valence-corrected chi connectivity index (χ1v) is 6.16. The summed E-state index contributed by atoms with van der Waals surface area (Å²) >= 11 is 0. The third-order valence-corrected chi connectivity index (χ3v) is 2.31. The van der Waals surface area contributed by atoms with Gasteiger partial charge >= 0.3 is 5.97 Å². The van der Waals surface area contributed by atoms with E-state index < -0.39 is 5.97 Å². The molecule has 0 aliphatic heterocycles. The number of carbonyl (C=O) groups is 1. The minimum absolute atomic E-state index is 0.236. The Bertz CT molecular complexity index is 521. The molecule has 19 heavy (non-hydrogen) atoms. The molecule has 0 aliphatic carbocycles. The molecule has 0 fully saturated rings. The van der Waals surface area contributed by atoms with Crippen LogP contribution in [0, 0.1) is 23.7 Å². The van der Waals surface area contributed by atoms with E-state index >= 15 is 0 Å². The third-order valence-electron chi connectivity index (χ3n) is 2.31. The van der Waals surface area contributed by atoms with Crippen molar-refractivity contribution in [1.82, 2.24) is 0 Å². The van der Waals surface area contributed by atoms with Crippen molar-refractivity contribution in [2.45, 2.75) is 26.2 Å². The first kappa shape index (κ1) is 14.7. The highest BCUT2D eigenvalue weighted by Gasteiger charge is 2.01. The fourth-order valence-corrected chi connectivity index (χ4v) is 1.27. The maximum atomic E-state index is 10.6. The lowest BCUT2D eigenvalue weighted by atomic mass is 10.2. The van der Waals surface area contributed by atoms with Gasteiger partial charge in [-0.1, -0.05) is 19.3 Å². The van der Waals surface area contributed by atoms with Crippen LogP contribution in [0.5, 0.6) is 5.75 Å². The van der Waals surface area contributed by atoms with Crippen LogP contribution in [0.15, 0.2) is 24.3 Å². The van der Waals surface area contributed by atoms with E-state index in [1.165, 1.54) is 12.1 Å². The van der Waals surface area contributed by atoms with E-state index in [0.29, 0.717) is 5.75 Å². The van der Waals surface area contributed by atoms with Crippen molar-refractivity contribution < 1.29 is 14.6 Å². The maximum Gasteiger partial charge on any atom is 0.335 e. The molecular formula is C16H16O3. The number of ether oxygens (including phenoxy) is 1. The van der Waals surface area contributed by atoms with Crippen LogP contribution in [0.3, 0.4) is 0 Å². The number of hydrogen-bond donors (Lipinski definition) is 1. The monoisotopic (exact) mass is 256 g/mol. The summed E-state index contributed by atoms with van der Waals surface area (Å²) in [5, 5.41) is 8.73. The van der Waals surface area contributed by atoms with Gasteiger partial charge in [-0.25, -0.2) is 4.79 Å². The molecule has 0 aliphatic rings. The van der Waals surface area contributed by atoms with E-state index in [-0.39, 0.29) is 12.2 Å². The van der Waals surface area contributed by atoms with Gasteiger partial charge in [-0.3, -0.25) is 0 Å². The fourth-order valence-electron chi connectivity index (χ4n) is 1.27. The zero-order valence-corrected chi connectivity index (χ0v) is 10.9. The molecule has 0 bridgehead atoms. The van der Waals surface area contributed by atoms with Crippen LogP contribution in [0.4, 0.5) is 0 Å². The summed E-state index contributed by atoms with van der Waals surface area (Å²) in [5.74, 6) is 10.9. The summed E-state index contributed by atoms with van der Waals surface area (Å²) in [7, 11) is 0. The average molecular weight is 256 g/mol. The first-order chi connectivity index (χ1) is 9.24. The van der Waals surface area contributed by atoms with Gasteiger partial charge in [0.2, 0.25) is 0 Å². The van der Waals surface area contributed by atoms with E-state index in [2.05, 4.69) is 30.6 Å². The van der Waals surface area contributed by atoms with Crippen LogP contribution in [0.25, 0.3) is 0 Å². The maximum absolute atomic E-state index is 10.6. The predicted octanol–water partition coefficient (Wildman–Crippen LogP) is 2.96. The molecule has 3 nitrogen and oxygen atoms in total. The van der Waals surface area contributed by atoms with E-state index in [0.717, 1.165) is 19.3 Å². The van der Waals surface area contributed by atoms with Crippen molar-refractivity contribution in [3.8, 4) is 29.4 Å². The molecule has 1 N–H and O–H groups in total. The van der Waals surface area contributed by atoms with Gasteiger partial charge in [-0.2, -0.15) is 0 Å². The van der Waals surface area contributed by atoms with Crippen molar-refractivity contribution in [3.63, 3.8) is 0 Å². The molecule has 0 heterocycles. The molecule has 0 atom stereocenters.